The number of carbonyl (C=O) groups is 1. The number of para-hydroxylation sites is 1. The molecule has 0 bridgehead atoms. The fourth-order valence-electron chi connectivity index (χ4n) is 3.54. The van der Waals surface area contributed by atoms with Gasteiger partial charge in [-0.25, -0.2) is 4.98 Å². The van der Waals surface area contributed by atoms with Gasteiger partial charge in [0.2, 0.25) is 5.91 Å². The topological polar surface area (TPSA) is 49.6 Å². The first kappa shape index (κ1) is 17.2. The molecule has 0 N–H and O–H groups in total. The molecule has 3 aromatic rings. The number of carbonyl (C=O) groups excluding carboxylic acids is 1. The van der Waals surface area contributed by atoms with E-state index in [-0.39, 0.29) is 11.9 Å². The van der Waals surface area contributed by atoms with Crippen LogP contribution in [-0.2, 0) is 24.3 Å². The van der Waals surface area contributed by atoms with Crippen molar-refractivity contribution >= 4 is 27.5 Å². The Labute approximate surface area is 157 Å². The Hall–Kier alpha value is -2.18. The second kappa shape index (κ2) is 7.21. The Morgan fingerprint density at radius 1 is 1.38 bits per heavy atom. The molecule has 1 aliphatic rings. The van der Waals surface area contributed by atoms with Crippen molar-refractivity contribution in [3.8, 4) is 0 Å². The molecule has 0 saturated heterocycles. The standard InChI is InChI=1S/C20H23N3O2S/c1-14(23-10-5-7-17-15(12-23)9-11-25-17)20(24)22(2)13-19-21-16-6-3-4-8-18(16)26-19/h3-4,6,8-9,11,14H,5,7,10,12-13H2,1-2H3. The SMILES string of the molecule is CC(C(=O)N(C)Cc1nc2ccccc2s1)N1CCCc2occc2C1. The highest BCUT2D eigenvalue weighted by Gasteiger charge is 2.27. The Balaban J connectivity index is 1.44. The number of likely N-dealkylation sites (N-methyl/N-ethyl adjacent to an activating group) is 1. The molecule has 136 valence electrons. The summed E-state index contributed by atoms with van der Waals surface area (Å²) in [6.45, 7) is 4.23. The van der Waals surface area contributed by atoms with Gasteiger partial charge in [0.25, 0.3) is 0 Å². The average Bonchev–Trinajstić information content (AvgIpc) is 3.20. The van der Waals surface area contributed by atoms with E-state index >= 15 is 0 Å². The minimum atomic E-state index is -0.157. The first-order valence-corrected chi connectivity index (χ1v) is 9.82. The summed E-state index contributed by atoms with van der Waals surface area (Å²) < 4.78 is 6.71. The van der Waals surface area contributed by atoms with E-state index < -0.39 is 0 Å². The van der Waals surface area contributed by atoms with E-state index in [0.29, 0.717) is 6.54 Å². The van der Waals surface area contributed by atoms with Crippen molar-refractivity contribution in [2.45, 2.75) is 38.9 Å². The molecular formula is C20H23N3O2S. The average molecular weight is 369 g/mol. The molecule has 1 aromatic carbocycles. The predicted molar refractivity (Wildman–Crippen MR) is 103 cm³/mol. The second-order valence-corrected chi connectivity index (χ2v) is 8.00. The molecule has 26 heavy (non-hydrogen) atoms. The fraction of sp³-hybridized carbons (Fsp3) is 0.400. The van der Waals surface area contributed by atoms with Crippen LogP contribution >= 0.6 is 11.3 Å². The molecule has 3 heterocycles. The molecule has 2 aromatic heterocycles. The number of rotatable bonds is 4. The molecular weight excluding hydrogens is 346 g/mol. The van der Waals surface area contributed by atoms with Crippen molar-refractivity contribution in [2.24, 2.45) is 0 Å². The first-order chi connectivity index (χ1) is 12.6. The Morgan fingerprint density at radius 3 is 3.08 bits per heavy atom. The number of fused-ring (bicyclic) bond motifs is 2. The molecule has 4 rings (SSSR count). The second-order valence-electron chi connectivity index (χ2n) is 6.89. The van der Waals surface area contributed by atoms with Crippen molar-refractivity contribution in [1.82, 2.24) is 14.8 Å². The van der Waals surface area contributed by atoms with E-state index in [4.69, 9.17) is 4.42 Å². The van der Waals surface area contributed by atoms with Crippen molar-refractivity contribution < 1.29 is 9.21 Å². The quantitative estimate of drug-likeness (QED) is 0.704. The molecule has 0 saturated carbocycles. The molecule has 1 aliphatic heterocycles. The third-order valence-corrected chi connectivity index (χ3v) is 6.07. The summed E-state index contributed by atoms with van der Waals surface area (Å²) in [5.41, 5.74) is 2.21. The minimum absolute atomic E-state index is 0.135. The number of hydrogen-bond donors (Lipinski definition) is 0. The van der Waals surface area contributed by atoms with Crippen molar-refractivity contribution in [3.63, 3.8) is 0 Å². The largest absolute Gasteiger partial charge is 0.469 e. The van der Waals surface area contributed by atoms with Gasteiger partial charge in [-0.1, -0.05) is 12.1 Å². The summed E-state index contributed by atoms with van der Waals surface area (Å²) in [6.07, 6.45) is 3.71. The zero-order valence-corrected chi connectivity index (χ0v) is 16.0. The Bertz CT molecular complexity index is 884. The van der Waals surface area contributed by atoms with Crippen LogP contribution < -0.4 is 0 Å². The Morgan fingerprint density at radius 2 is 2.23 bits per heavy atom. The zero-order valence-electron chi connectivity index (χ0n) is 15.1. The van der Waals surface area contributed by atoms with Gasteiger partial charge in [-0.3, -0.25) is 9.69 Å². The maximum Gasteiger partial charge on any atom is 0.239 e. The van der Waals surface area contributed by atoms with Crippen LogP contribution in [-0.4, -0.2) is 40.3 Å². The van der Waals surface area contributed by atoms with E-state index in [9.17, 15) is 4.79 Å². The molecule has 5 nitrogen and oxygen atoms in total. The summed E-state index contributed by atoms with van der Waals surface area (Å²) in [7, 11) is 1.87. The molecule has 1 amide bonds. The molecule has 0 aliphatic carbocycles. The van der Waals surface area contributed by atoms with Gasteiger partial charge in [0.05, 0.1) is 29.1 Å². The summed E-state index contributed by atoms with van der Waals surface area (Å²) in [5.74, 6) is 1.20. The number of hydrogen-bond acceptors (Lipinski definition) is 5. The third kappa shape index (κ3) is 3.39. The molecule has 1 unspecified atom stereocenters. The number of aromatic nitrogens is 1. The number of benzene rings is 1. The van der Waals surface area contributed by atoms with Crippen LogP contribution in [0.3, 0.4) is 0 Å². The summed E-state index contributed by atoms with van der Waals surface area (Å²) >= 11 is 1.65. The minimum Gasteiger partial charge on any atom is -0.469 e. The van der Waals surface area contributed by atoms with Gasteiger partial charge in [-0.15, -0.1) is 11.3 Å². The van der Waals surface area contributed by atoms with Crippen molar-refractivity contribution in [3.05, 3.63) is 52.9 Å². The van der Waals surface area contributed by atoms with Crippen molar-refractivity contribution in [2.75, 3.05) is 13.6 Å². The van der Waals surface area contributed by atoms with E-state index in [1.54, 1.807) is 22.5 Å². The smallest absolute Gasteiger partial charge is 0.239 e. The van der Waals surface area contributed by atoms with Gasteiger partial charge in [-0.2, -0.15) is 0 Å². The van der Waals surface area contributed by atoms with Crippen LogP contribution in [0.15, 0.2) is 41.0 Å². The van der Waals surface area contributed by atoms with Gasteiger partial charge < -0.3 is 9.32 Å². The van der Waals surface area contributed by atoms with Crippen LogP contribution in [0.1, 0.15) is 29.7 Å². The molecule has 1 atom stereocenters. The van der Waals surface area contributed by atoms with E-state index in [1.165, 1.54) is 5.56 Å². The maximum atomic E-state index is 13.0. The Kier molecular flexibility index (Phi) is 4.78. The lowest BCUT2D eigenvalue weighted by Crippen LogP contribution is -2.45. The number of furan rings is 1. The van der Waals surface area contributed by atoms with E-state index in [0.717, 1.165) is 46.9 Å². The van der Waals surface area contributed by atoms with Gasteiger partial charge >= 0.3 is 0 Å². The monoisotopic (exact) mass is 369 g/mol. The summed E-state index contributed by atoms with van der Waals surface area (Å²) in [4.78, 5) is 21.6. The summed E-state index contributed by atoms with van der Waals surface area (Å²) in [6, 6.07) is 9.96. The normalized spacial score (nSPS) is 16.2. The predicted octanol–water partition coefficient (Wildman–Crippen LogP) is 3.68. The van der Waals surface area contributed by atoms with Crippen LogP contribution in [0.5, 0.6) is 0 Å². The maximum absolute atomic E-state index is 13.0. The van der Waals surface area contributed by atoms with Gasteiger partial charge in [-0.05, 0) is 38.1 Å². The lowest BCUT2D eigenvalue weighted by atomic mass is 10.2. The lowest BCUT2D eigenvalue weighted by molar-refractivity contribution is -0.135. The van der Waals surface area contributed by atoms with E-state index in [1.807, 2.05) is 38.2 Å². The lowest BCUT2D eigenvalue weighted by Gasteiger charge is -2.29. The number of amides is 1. The van der Waals surface area contributed by atoms with E-state index in [2.05, 4.69) is 16.0 Å². The first-order valence-electron chi connectivity index (χ1n) is 9.00. The van der Waals surface area contributed by atoms with Crippen LogP contribution in [0.4, 0.5) is 0 Å². The fourth-order valence-corrected chi connectivity index (χ4v) is 4.56. The van der Waals surface area contributed by atoms with Crippen LogP contribution in [0.25, 0.3) is 10.2 Å². The highest BCUT2D eigenvalue weighted by molar-refractivity contribution is 7.18. The number of thiazole rings is 1. The van der Waals surface area contributed by atoms with Gasteiger partial charge in [0.15, 0.2) is 0 Å². The van der Waals surface area contributed by atoms with Crippen molar-refractivity contribution in [1.29, 1.82) is 0 Å². The third-order valence-electron chi connectivity index (χ3n) is 5.05. The van der Waals surface area contributed by atoms with Crippen LogP contribution in [0, 0.1) is 0 Å². The van der Waals surface area contributed by atoms with Crippen LogP contribution in [0.2, 0.25) is 0 Å². The summed E-state index contributed by atoms with van der Waals surface area (Å²) in [5, 5.41) is 0.974. The molecule has 0 radical (unpaired) electrons. The number of nitrogens with zero attached hydrogens (tertiary/aromatic N) is 3. The van der Waals surface area contributed by atoms with Gasteiger partial charge in [0.1, 0.15) is 10.8 Å². The highest BCUT2D eigenvalue weighted by atomic mass is 32.1. The number of aryl methyl sites for hydroxylation is 1. The molecule has 0 fully saturated rings. The zero-order chi connectivity index (χ0) is 18.1. The highest BCUT2D eigenvalue weighted by Crippen LogP contribution is 2.24. The molecule has 0 spiro atoms. The molecule has 6 heteroatoms. The van der Waals surface area contributed by atoms with Gasteiger partial charge in [0, 0.05) is 25.6 Å².